The molecule has 0 aliphatic carbocycles. The molecule has 0 saturated carbocycles. The fraction of sp³-hybridized carbons (Fsp3) is 0.320. The van der Waals surface area contributed by atoms with Crippen LogP contribution >= 0.6 is 0 Å². The highest BCUT2D eigenvalue weighted by Crippen LogP contribution is 2.56. The van der Waals surface area contributed by atoms with Crippen molar-refractivity contribution >= 4 is 23.5 Å². The van der Waals surface area contributed by atoms with Crippen molar-refractivity contribution in [3.63, 3.8) is 0 Å². The van der Waals surface area contributed by atoms with Crippen LogP contribution in [0.3, 0.4) is 0 Å². The third-order valence-corrected chi connectivity index (χ3v) is 6.30. The van der Waals surface area contributed by atoms with Crippen LogP contribution in [0.1, 0.15) is 37.8 Å². The predicted molar refractivity (Wildman–Crippen MR) is 116 cm³/mol. The molecule has 0 radical (unpaired) electrons. The van der Waals surface area contributed by atoms with Crippen LogP contribution in [0.4, 0.5) is 5.69 Å². The number of carbonyl (C=O) groups is 2. The van der Waals surface area contributed by atoms with Crippen LogP contribution in [0, 0.1) is 22.2 Å². The van der Waals surface area contributed by atoms with Gasteiger partial charge in [0.1, 0.15) is 0 Å². The number of ketones is 1. The van der Waals surface area contributed by atoms with Gasteiger partial charge in [-0.1, -0.05) is 81.5 Å². The Balaban J connectivity index is 2.06. The maximum absolute atomic E-state index is 13.8. The van der Waals surface area contributed by atoms with Crippen LogP contribution in [-0.4, -0.2) is 23.8 Å². The van der Waals surface area contributed by atoms with Gasteiger partial charge in [-0.25, -0.2) is 0 Å². The molecule has 4 atom stereocenters. The van der Waals surface area contributed by atoms with Crippen LogP contribution in [-0.2, 0) is 9.59 Å². The number of amides is 1. The minimum atomic E-state index is -1.57. The Labute approximate surface area is 176 Å². The van der Waals surface area contributed by atoms with E-state index in [1.54, 1.807) is 0 Å². The summed E-state index contributed by atoms with van der Waals surface area (Å²) >= 11 is 0. The highest BCUT2D eigenvalue weighted by atomic mass is 16.1. The highest BCUT2D eigenvalue weighted by Gasteiger charge is 2.66. The molecule has 0 bridgehead atoms. The summed E-state index contributed by atoms with van der Waals surface area (Å²) in [7, 11) is 0. The molecule has 152 valence electrons. The first-order valence-electron chi connectivity index (χ1n) is 10.1. The number of hydrogen-bond donors (Lipinski definition) is 1. The zero-order valence-corrected chi connectivity index (χ0v) is 17.4. The van der Waals surface area contributed by atoms with Crippen molar-refractivity contribution < 1.29 is 9.59 Å². The van der Waals surface area contributed by atoms with Gasteiger partial charge in [-0.05, 0) is 17.2 Å². The summed E-state index contributed by atoms with van der Waals surface area (Å²) in [5, 5.41) is 10.4. The summed E-state index contributed by atoms with van der Waals surface area (Å²) in [6.45, 7) is 5.61. The Morgan fingerprint density at radius 2 is 1.70 bits per heavy atom. The monoisotopic (exact) mass is 399 g/mol. The maximum atomic E-state index is 13.8. The lowest BCUT2D eigenvalue weighted by molar-refractivity contribution is -0.128. The number of anilines is 1. The van der Waals surface area contributed by atoms with Crippen molar-refractivity contribution in [2.45, 2.75) is 38.8 Å². The average Bonchev–Trinajstić information content (AvgIpc) is 3.04. The first-order chi connectivity index (χ1) is 14.2. The minimum absolute atomic E-state index is 0.0233. The summed E-state index contributed by atoms with van der Waals surface area (Å²) in [5.74, 6) is -1.42. The summed E-state index contributed by atoms with van der Waals surface area (Å²) < 4.78 is 0. The van der Waals surface area contributed by atoms with E-state index in [1.807, 2.05) is 92.4 Å². The van der Waals surface area contributed by atoms with E-state index in [1.165, 1.54) is 0 Å². The molecule has 2 N–H and O–H groups in total. The number of carbonyl (C=O) groups excluding carboxylic acids is 2. The van der Waals surface area contributed by atoms with Crippen LogP contribution in [0.15, 0.2) is 60.7 Å². The maximum Gasteiger partial charge on any atom is 0.241 e. The van der Waals surface area contributed by atoms with E-state index in [0.29, 0.717) is 0 Å². The number of nitrogens with two attached hydrogens (primary N) is 1. The Hall–Kier alpha value is -3.39. The first kappa shape index (κ1) is 19.9. The molecule has 2 aliphatic rings. The number of benzene rings is 2. The van der Waals surface area contributed by atoms with Gasteiger partial charge in [0, 0.05) is 17.0 Å². The van der Waals surface area contributed by atoms with Gasteiger partial charge in [0.25, 0.3) is 0 Å². The Kier molecular flexibility index (Phi) is 4.54. The molecule has 2 heterocycles. The number of primary amides is 1. The van der Waals surface area contributed by atoms with Gasteiger partial charge >= 0.3 is 0 Å². The van der Waals surface area contributed by atoms with Crippen LogP contribution < -0.4 is 10.6 Å². The zero-order valence-electron chi connectivity index (χ0n) is 17.4. The lowest BCUT2D eigenvalue weighted by atomic mass is 9.66. The number of nitriles is 1. The molecular formula is C25H25N3O2. The zero-order chi connectivity index (χ0) is 21.7. The van der Waals surface area contributed by atoms with Crippen molar-refractivity contribution in [3.05, 3.63) is 71.8 Å². The van der Waals surface area contributed by atoms with Crippen LogP contribution in [0.2, 0.25) is 0 Å². The van der Waals surface area contributed by atoms with Gasteiger partial charge in [0.05, 0.1) is 18.2 Å². The van der Waals surface area contributed by atoms with Gasteiger partial charge in [0.15, 0.2) is 11.2 Å². The van der Waals surface area contributed by atoms with Crippen LogP contribution in [0.5, 0.6) is 0 Å². The van der Waals surface area contributed by atoms with E-state index >= 15 is 0 Å². The summed E-state index contributed by atoms with van der Waals surface area (Å²) in [4.78, 5) is 28.7. The average molecular weight is 399 g/mol. The van der Waals surface area contributed by atoms with E-state index in [9.17, 15) is 14.9 Å². The molecule has 4 rings (SSSR count). The summed E-state index contributed by atoms with van der Waals surface area (Å²) in [5.41, 5.74) is 6.25. The highest BCUT2D eigenvalue weighted by molar-refractivity contribution is 6.00. The second-order valence-electron chi connectivity index (χ2n) is 9.06. The molecule has 5 nitrogen and oxygen atoms in total. The molecule has 5 heteroatoms. The molecule has 0 spiro atoms. The van der Waals surface area contributed by atoms with E-state index in [2.05, 4.69) is 6.07 Å². The van der Waals surface area contributed by atoms with Gasteiger partial charge in [0.2, 0.25) is 5.91 Å². The number of nitrogens with zero attached hydrogens (tertiary/aromatic N) is 2. The number of para-hydroxylation sites is 1. The van der Waals surface area contributed by atoms with Gasteiger partial charge < -0.3 is 10.6 Å². The SMILES string of the molecule is CC(C)(C)C(=O)C1C(c2ccccc2)C(C#N)(C(N)=O)C2C=Cc3ccccc3N12. The molecule has 2 aromatic rings. The van der Waals surface area contributed by atoms with E-state index in [0.717, 1.165) is 16.8 Å². The van der Waals surface area contributed by atoms with Crippen molar-refractivity contribution in [2.24, 2.45) is 16.6 Å². The summed E-state index contributed by atoms with van der Waals surface area (Å²) in [6.07, 6.45) is 3.76. The molecule has 2 aliphatic heterocycles. The standard InChI is InChI=1S/C25H25N3O2/c1-24(2,3)22(29)21-20(17-10-5-4-6-11-17)25(15-26,23(27)30)19-14-13-16-9-7-8-12-18(16)28(19)21/h4-14,19-21H,1-3H3,(H2,27,30). The Morgan fingerprint density at radius 1 is 1.07 bits per heavy atom. The molecule has 0 aromatic heterocycles. The minimum Gasteiger partial charge on any atom is -0.368 e. The quantitative estimate of drug-likeness (QED) is 0.853. The van der Waals surface area contributed by atoms with Gasteiger partial charge in [-0.3, -0.25) is 9.59 Å². The largest absolute Gasteiger partial charge is 0.368 e. The first-order valence-corrected chi connectivity index (χ1v) is 10.1. The van der Waals surface area contributed by atoms with Crippen molar-refractivity contribution in [2.75, 3.05) is 4.90 Å². The van der Waals surface area contributed by atoms with Crippen molar-refractivity contribution in [1.82, 2.24) is 0 Å². The van der Waals surface area contributed by atoms with Crippen molar-refractivity contribution in [1.29, 1.82) is 5.26 Å². The Morgan fingerprint density at radius 3 is 2.30 bits per heavy atom. The number of Topliss-reactive ketones (excluding diaryl/α,β-unsaturated/α-hetero) is 1. The fourth-order valence-electron chi connectivity index (χ4n) is 4.91. The van der Waals surface area contributed by atoms with Crippen molar-refractivity contribution in [3.8, 4) is 6.07 Å². The number of hydrogen-bond acceptors (Lipinski definition) is 4. The Bertz CT molecular complexity index is 1080. The lowest BCUT2D eigenvalue weighted by Crippen LogP contribution is -2.49. The van der Waals surface area contributed by atoms with Crippen LogP contribution in [0.25, 0.3) is 6.08 Å². The second-order valence-corrected chi connectivity index (χ2v) is 9.06. The van der Waals surface area contributed by atoms with Gasteiger partial charge in [-0.15, -0.1) is 0 Å². The number of rotatable bonds is 3. The van der Waals surface area contributed by atoms with E-state index in [4.69, 9.17) is 5.73 Å². The van der Waals surface area contributed by atoms with Gasteiger partial charge in [-0.2, -0.15) is 5.26 Å². The second kappa shape index (κ2) is 6.84. The third kappa shape index (κ3) is 2.68. The lowest BCUT2D eigenvalue weighted by Gasteiger charge is -2.37. The molecule has 1 saturated heterocycles. The topological polar surface area (TPSA) is 87.2 Å². The van der Waals surface area contributed by atoms with E-state index in [-0.39, 0.29) is 5.78 Å². The predicted octanol–water partition coefficient (Wildman–Crippen LogP) is 3.66. The smallest absolute Gasteiger partial charge is 0.241 e. The molecular weight excluding hydrogens is 374 g/mol. The molecule has 30 heavy (non-hydrogen) atoms. The normalized spacial score (nSPS) is 27.1. The number of fused-ring (bicyclic) bond motifs is 3. The fourth-order valence-corrected chi connectivity index (χ4v) is 4.91. The summed E-state index contributed by atoms with van der Waals surface area (Å²) in [6, 6.07) is 18.0. The molecule has 1 amide bonds. The molecule has 2 aromatic carbocycles. The van der Waals surface area contributed by atoms with E-state index < -0.39 is 34.7 Å². The molecule has 1 fully saturated rings. The third-order valence-electron chi connectivity index (χ3n) is 6.30. The molecule has 4 unspecified atom stereocenters.